The maximum Gasteiger partial charge on any atom is 0.247 e. The molecule has 2 aromatic carbocycles. The first-order valence-corrected chi connectivity index (χ1v) is 8.09. The van der Waals surface area contributed by atoms with Crippen molar-refractivity contribution in [1.82, 2.24) is 4.57 Å². The van der Waals surface area contributed by atoms with Crippen LogP contribution in [-0.4, -0.2) is 17.6 Å². The Hall–Kier alpha value is -2.46. The van der Waals surface area contributed by atoms with E-state index in [2.05, 4.69) is 5.32 Å². The fraction of sp³-hybridized carbons (Fsp3) is 0.211. The van der Waals surface area contributed by atoms with Gasteiger partial charge in [-0.3, -0.25) is 4.79 Å². The lowest BCUT2D eigenvalue weighted by molar-refractivity contribution is -0.118. The summed E-state index contributed by atoms with van der Waals surface area (Å²) in [5, 5.41) is 4.59. The van der Waals surface area contributed by atoms with Crippen LogP contribution in [0, 0.1) is 6.92 Å². The van der Waals surface area contributed by atoms with Crippen molar-refractivity contribution in [2.24, 2.45) is 0 Å². The van der Waals surface area contributed by atoms with Gasteiger partial charge in [-0.05, 0) is 55.8 Å². The van der Waals surface area contributed by atoms with Gasteiger partial charge in [-0.2, -0.15) is 0 Å². The number of aryl methyl sites for hydroxylation is 1. The minimum absolute atomic E-state index is 0.0942. The van der Waals surface area contributed by atoms with Gasteiger partial charge in [0.15, 0.2) is 0 Å². The van der Waals surface area contributed by atoms with E-state index in [9.17, 15) is 4.79 Å². The highest BCUT2D eigenvalue weighted by molar-refractivity contribution is 6.31. The smallest absolute Gasteiger partial charge is 0.247 e. The van der Waals surface area contributed by atoms with Crippen molar-refractivity contribution >= 4 is 34.1 Å². The molecule has 1 atom stereocenters. The fourth-order valence-electron chi connectivity index (χ4n) is 2.65. The maximum absolute atomic E-state index is 12.6. The fourth-order valence-corrected chi connectivity index (χ4v) is 2.83. The van der Waals surface area contributed by atoms with Gasteiger partial charge < -0.3 is 14.6 Å². The molecule has 5 heteroatoms. The quantitative estimate of drug-likeness (QED) is 0.739. The molecule has 0 saturated carbocycles. The number of carbonyl (C=O) groups excluding carboxylic acids is 1. The van der Waals surface area contributed by atoms with Gasteiger partial charge >= 0.3 is 0 Å². The summed E-state index contributed by atoms with van der Waals surface area (Å²) in [5.41, 5.74) is 2.66. The summed E-state index contributed by atoms with van der Waals surface area (Å²) in [4.78, 5) is 12.6. The van der Waals surface area contributed by atoms with Crippen LogP contribution >= 0.6 is 11.6 Å². The van der Waals surface area contributed by atoms with Crippen LogP contribution in [0.15, 0.2) is 48.7 Å². The Morgan fingerprint density at radius 2 is 2.00 bits per heavy atom. The normalized spacial score (nSPS) is 12.2. The molecule has 0 spiro atoms. The lowest BCUT2D eigenvalue weighted by Crippen LogP contribution is -2.23. The number of aromatic nitrogens is 1. The second-order valence-corrected chi connectivity index (χ2v) is 6.18. The maximum atomic E-state index is 12.6. The molecule has 0 aliphatic heterocycles. The number of nitrogens with one attached hydrogen (secondary N) is 1. The molecule has 3 rings (SSSR count). The Bertz CT molecular complexity index is 902. The Kier molecular flexibility index (Phi) is 4.49. The molecule has 24 heavy (non-hydrogen) atoms. The van der Waals surface area contributed by atoms with Gasteiger partial charge in [0.05, 0.1) is 7.11 Å². The van der Waals surface area contributed by atoms with Crippen LogP contribution in [0.25, 0.3) is 10.9 Å². The number of anilines is 1. The second kappa shape index (κ2) is 6.57. The number of methoxy groups -OCH3 is 1. The van der Waals surface area contributed by atoms with Crippen molar-refractivity contribution in [3.63, 3.8) is 0 Å². The molecule has 0 bridgehead atoms. The Labute approximate surface area is 146 Å². The van der Waals surface area contributed by atoms with Crippen LogP contribution in [-0.2, 0) is 4.79 Å². The monoisotopic (exact) mass is 342 g/mol. The van der Waals surface area contributed by atoms with E-state index in [-0.39, 0.29) is 11.9 Å². The van der Waals surface area contributed by atoms with E-state index in [4.69, 9.17) is 16.3 Å². The van der Waals surface area contributed by atoms with E-state index >= 15 is 0 Å². The molecular formula is C19H19ClN2O2. The standard InChI is InChI=1S/C19H19ClN2O2/c1-12-4-5-15(11-17(12)20)21-19(23)13(2)22-9-8-14-10-16(24-3)6-7-18(14)22/h4-11,13H,1-3H3,(H,21,23). The molecule has 4 nitrogen and oxygen atoms in total. The number of hydrogen-bond donors (Lipinski definition) is 1. The zero-order valence-electron chi connectivity index (χ0n) is 13.8. The van der Waals surface area contributed by atoms with E-state index in [1.807, 2.05) is 61.0 Å². The third kappa shape index (κ3) is 3.10. The summed E-state index contributed by atoms with van der Waals surface area (Å²) in [6.45, 7) is 3.80. The zero-order chi connectivity index (χ0) is 17.3. The van der Waals surface area contributed by atoms with Gasteiger partial charge in [-0.15, -0.1) is 0 Å². The minimum Gasteiger partial charge on any atom is -0.497 e. The third-order valence-corrected chi connectivity index (χ3v) is 4.57. The molecule has 3 aromatic rings. The van der Waals surface area contributed by atoms with E-state index in [1.165, 1.54) is 0 Å². The van der Waals surface area contributed by atoms with Crippen molar-refractivity contribution in [1.29, 1.82) is 0 Å². The number of rotatable bonds is 4. The number of amides is 1. The average molecular weight is 343 g/mol. The van der Waals surface area contributed by atoms with Crippen molar-refractivity contribution in [3.8, 4) is 5.75 Å². The summed E-state index contributed by atoms with van der Waals surface area (Å²) in [5.74, 6) is 0.704. The highest BCUT2D eigenvalue weighted by Crippen LogP contribution is 2.26. The van der Waals surface area contributed by atoms with E-state index in [1.54, 1.807) is 13.2 Å². The van der Waals surface area contributed by atoms with E-state index in [0.29, 0.717) is 10.7 Å². The van der Waals surface area contributed by atoms with Crippen LogP contribution in [0.1, 0.15) is 18.5 Å². The van der Waals surface area contributed by atoms with Gasteiger partial charge in [0.1, 0.15) is 11.8 Å². The Morgan fingerprint density at radius 3 is 2.71 bits per heavy atom. The second-order valence-electron chi connectivity index (χ2n) is 5.78. The molecule has 124 valence electrons. The molecular weight excluding hydrogens is 324 g/mol. The molecule has 0 fully saturated rings. The predicted molar refractivity (Wildman–Crippen MR) is 98.0 cm³/mol. The zero-order valence-corrected chi connectivity index (χ0v) is 14.6. The van der Waals surface area contributed by atoms with Crippen molar-refractivity contribution < 1.29 is 9.53 Å². The number of nitrogens with zero attached hydrogens (tertiary/aromatic N) is 1. The molecule has 1 N–H and O–H groups in total. The highest BCUT2D eigenvalue weighted by Gasteiger charge is 2.17. The van der Waals surface area contributed by atoms with Crippen LogP contribution in [0.2, 0.25) is 5.02 Å². The summed E-state index contributed by atoms with van der Waals surface area (Å²) >= 11 is 6.11. The number of fused-ring (bicyclic) bond motifs is 1. The summed E-state index contributed by atoms with van der Waals surface area (Å²) in [6.07, 6.45) is 1.91. The lowest BCUT2D eigenvalue weighted by atomic mass is 10.2. The van der Waals surface area contributed by atoms with Crippen LogP contribution in [0.5, 0.6) is 5.75 Å². The molecule has 1 amide bonds. The molecule has 1 heterocycles. The summed E-state index contributed by atoms with van der Waals surface area (Å²) < 4.78 is 7.18. The third-order valence-electron chi connectivity index (χ3n) is 4.16. The molecule has 0 aliphatic carbocycles. The molecule has 1 aromatic heterocycles. The van der Waals surface area contributed by atoms with E-state index < -0.39 is 0 Å². The predicted octanol–water partition coefficient (Wildman–Crippen LogP) is 4.81. The van der Waals surface area contributed by atoms with Crippen LogP contribution in [0.4, 0.5) is 5.69 Å². The van der Waals surface area contributed by atoms with Crippen LogP contribution in [0.3, 0.4) is 0 Å². The molecule has 1 unspecified atom stereocenters. The molecule has 0 saturated heterocycles. The van der Waals surface area contributed by atoms with Crippen molar-refractivity contribution in [3.05, 3.63) is 59.2 Å². The van der Waals surface area contributed by atoms with Crippen molar-refractivity contribution in [2.75, 3.05) is 12.4 Å². The van der Waals surface area contributed by atoms with Gasteiger partial charge in [0, 0.05) is 27.8 Å². The topological polar surface area (TPSA) is 43.3 Å². The Balaban J connectivity index is 1.84. The first kappa shape index (κ1) is 16.4. The number of hydrogen-bond acceptors (Lipinski definition) is 2. The van der Waals surface area contributed by atoms with E-state index in [0.717, 1.165) is 22.2 Å². The summed E-state index contributed by atoms with van der Waals surface area (Å²) in [7, 11) is 1.64. The molecule has 0 radical (unpaired) electrons. The van der Waals surface area contributed by atoms with Gasteiger partial charge in [-0.1, -0.05) is 17.7 Å². The number of halogens is 1. The largest absolute Gasteiger partial charge is 0.497 e. The number of carbonyl (C=O) groups is 1. The van der Waals surface area contributed by atoms with Gasteiger partial charge in [0.25, 0.3) is 0 Å². The minimum atomic E-state index is -0.351. The Morgan fingerprint density at radius 1 is 1.21 bits per heavy atom. The lowest BCUT2D eigenvalue weighted by Gasteiger charge is -2.16. The summed E-state index contributed by atoms with van der Waals surface area (Å²) in [6, 6.07) is 12.9. The van der Waals surface area contributed by atoms with Crippen molar-refractivity contribution in [2.45, 2.75) is 19.9 Å². The highest BCUT2D eigenvalue weighted by atomic mass is 35.5. The SMILES string of the molecule is COc1ccc2c(ccn2C(C)C(=O)Nc2ccc(C)c(Cl)c2)c1. The number of benzene rings is 2. The van der Waals surface area contributed by atoms with Gasteiger partial charge in [0.2, 0.25) is 5.91 Å². The van der Waals surface area contributed by atoms with Gasteiger partial charge in [-0.25, -0.2) is 0 Å². The number of ether oxygens (including phenoxy) is 1. The first-order chi connectivity index (χ1) is 11.5. The average Bonchev–Trinajstić information content (AvgIpc) is 3.00. The first-order valence-electron chi connectivity index (χ1n) is 7.71. The molecule has 0 aliphatic rings. The van der Waals surface area contributed by atoms with Crippen LogP contribution < -0.4 is 10.1 Å².